The highest BCUT2D eigenvalue weighted by Crippen LogP contribution is 2.45. The summed E-state index contributed by atoms with van der Waals surface area (Å²) in [4.78, 5) is 8.53. The molecule has 0 unspecified atom stereocenters. The van der Waals surface area contributed by atoms with Crippen molar-refractivity contribution in [3.63, 3.8) is 0 Å². The first-order valence-corrected chi connectivity index (χ1v) is 8.44. The third-order valence-electron chi connectivity index (χ3n) is 5.60. The molecule has 4 heterocycles. The number of methoxy groups -OCH3 is 1. The lowest BCUT2D eigenvalue weighted by Gasteiger charge is -2.51. The summed E-state index contributed by atoms with van der Waals surface area (Å²) in [6.07, 6.45) is 6.49. The predicted molar refractivity (Wildman–Crippen MR) is 88.4 cm³/mol. The van der Waals surface area contributed by atoms with Gasteiger partial charge in [-0.25, -0.2) is 9.37 Å². The molecule has 0 spiro atoms. The van der Waals surface area contributed by atoms with E-state index in [9.17, 15) is 4.39 Å². The summed E-state index contributed by atoms with van der Waals surface area (Å²) in [5.74, 6) is 0.147. The summed E-state index contributed by atoms with van der Waals surface area (Å²) in [5, 5.41) is 0. The average Bonchev–Trinajstić information content (AvgIpc) is 2.62. The molecular weight excluding hydrogens is 309 g/mol. The molecule has 2 saturated heterocycles. The van der Waals surface area contributed by atoms with Gasteiger partial charge < -0.3 is 15.2 Å². The molecule has 3 fully saturated rings. The summed E-state index contributed by atoms with van der Waals surface area (Å²) in [5.41, 5.74) is 7.81. The van der Waals surface area contributed by atoms with Crippen molar-refractivity contribution in [2.24, 2.45) is 5.73 Å². The minimum atomic E-state index is -0.320. The van der Waals surface area contributed by atoms with Crippen LogP contribution in [-0.2, 0) is 11.2 Å². The fraction of sp³-hybridized carbons (Fsp3) is 0.556. The van der Waals surface area contributed by atoms with Crippen molar-refractivity contribution in [1.82, 2.24) is 9.97 Å². The molecular formula is C18H22FN3O2. The van der Waals surface area contributed by atoms with Gasteiger partial charge in [0.25, 0.3) is 0 Å². The summed E-state index contributed by atoms with van der Waals surface area (Å²) >= 11 is 0. The smallest absolute Gasteiger partial charge is 0.213 e. The quantitative estimate of drug-likeness (QED) is 0.933. The fourth-order valence-corrected chi connectivity index (χ4v) is 3.89. The van der Waals surface area contributed by atoms with Gasteiger partial charge in [0.2, 0.25) is 5.88 Å². The number of nitrogens with zero attached hydrogens (tertiary/aromatic N) is 2. The Kier molecular flexibility index (Phi) is 3.69. The third kappa shape index (κ3) is 2.63. The average molecular weight is 331 g/mol. The van der Waals surface area contributed by atoms with E-state index in [1.807, 2.05) is 6.07 Å². The zero-order chi connectivity index (χ0) is 16.8. The molecule has 5 nitrogen and oxygen atoms in total. The first kappa shape index (κ1) is 15.7. The zero-order valence-electron chi connectivity index (χ0n) is 13.8. The number of ether oxygens (including phenoxy) is 2. The lowest BCUT2D eigenvalue weighted by atomic mass is 9.70. The van der Waals surface area contributed by atoms with E-state index >= 15 is 0 Å². The van der Waals surface area contributed by atoms with E-state index in [0.717, 1.165) is 32.1 Å². The van der Waals surface area contributed by atoms with Crippen molar-refractivity contribution in [2.75, 3.05) is 13.7 Å². The molecule has 5 rings (SSSR count). The van der Waals surface area contributed by atoms with Gasteiger partial charge in [-0.3, -0.25) is 4.98 Å². The second kappa shape index (κ2) is 5.63. The van der Waals surface area contributed by atoms with E-state index < -0.39 is 0 Å². The van der Waals surface area contributed by atoms with Gasteiger partial charge in [-0.05, 0) is 44.6 Å². The van der Waals surface area contributed by atoms with Gasteiger partial charge in [0, 0.05) is 17.2 Å². The zero-order valence-corrected chi connectivity index (χ0v) is 13.8. The molecule has 2 N–H and O–H groups in total. The van der Waals surface area contributed by atoms with E-state index in [1.54, 1.807) is 13.2 Å². The van der Waals surface area contributed by atoms with Crippen molar-refractivity contribution in [3.8, 4) is 5.88 Å². The summed E-state index contributed by atoms with van der Waals surface area (Å²) in [7, 11) is 1.55. The molecule has 2 aliphatic heterocycles. The minimum absolute atomic E-state index is 0.148. The maximum atomic E-state index is 14.4. The first-order chi connectivity index (χ1) is 11.5. The van der Waals surface area contributed by atoms with E-state index in [4.69, 9.17) is 15.2 Å². The van der Waals surface area contributed by atoms with Crippen LogP contribution in [-0.4, -0.2) is 34.8 Å². The molecule has 2 aromatic heterocycles. The predicted octanol–water partition coefficient (Wildman–Crippen LogP) is 2.75. The Morgan fingerprint density at radius 1 is 1.29 bits per heavy atom. The number of fused-ring (bicyclic) bond motifs is 4. The Balaban J connectivity index is 1.61. The number of halogens is 1. The van der Waals surface area contributed by atoms with Crippen LogP contribution in [0.1, 0.15) is 37.7 Å². The minimum Gasteiger partial charge on any atom is -0.481 e. The highest BCUT2D eigenvalue weighted by Gasteiger charge is 2.47. The fourth-order valence-electron chi connectivity index (χ4n) is 3.89. The third-order valence-corrected chi connectivity index (χ3v) is 5.60. The first-order valence-electron chi connectivity index (χ1n) is 8.44. The van der Waals surface area contributed by atoms with E-state index in [1.165, 1.54) is 6.20 Å². The number of rotatable bonds is 4. The Morgan fingerprint density at radius 2 is 2.08 bits per heavy atom. The summed E-state index contributed by atoms with van der Waals surface area (Å²) < 4.78 is 25.7. The van der Waals surface area contributed by atoms with E-state index in [0.29, 0.717) is 35.5 Å². The van der Waals surface area contributed by atoms with Gasteiger partial charge in [-0.2, -0.15) is 0 Å². The Hall–Kier alpha value is -1.79. The Morgan fingerprint density at radius 3 is 2.75 bits per heavy atom. The molecule has 3 aliphatic rings. The van der Waals surface area contributed by atoms with Crippen LogP contribution in [0.5, 0.6) is 5.88 Å². The lowest BCUT2D eigenvalue weighted by molar-refractivity contribution is -0.156. The molecule has 1 aliphatic carbocycles. The summed E-state index contributed by atoms with van der Waals surface area (Å²) in [6, 6.07) is 3.55. The van der Waals surface area contributed by atoms with Gasteiger partial charge in [-0.15, -0.1) is 0 Å². The van der Waals surface area contributed by atoms with Crippen LogP contribution in [0.3, 0.4) is 0 Å². The SMILES string of the molecule is COc1ccc2ncc(F)c(CCC34CCC(N)(CC3)CO4)c2n1. The number of hydrogen-bond donors (Lipinski definition) is 1. The van der Waals surface area contributed by atoms with Crippen LogP contribution in [0.4, 0.5) is 4.39 Å². The second-order valence-electron chi connectivity index (χ2n) is 7.14. The van der Waals surface area contributed by atoms with Crippen molar-refractivity contribution in [2.45, 2.75) is 49.7 Å². The van der Waals surface area contributed by atoms with Crippen LogP contribution in [0.15, 0.2) is 18.3 Å². The van der Waals surface area contributed by atoms with Crippen molar-refractivity contribution >= 4 is 11.0 Å². The van der Waals surface area contributed by atoms with Gasteiger partial charge in [0.15, 0.2) is 0 Å². The van der Waals surface area contributed by atoms with E-state index in [-0.39, 0.29) is 17.0 Å². The van der Waals surface area contributed by atoms with Crippen LogP contribution in [0.2, 0.25) is 0 Å². The summed E-state index contributed by atoms with van der Waals surface area (Å²) in [6.45, 7) is 0.610. The molecule has 128 valence electrons. The molecule has 24 heavy (non-hydrogen) atoms. The molecule has 0 radical (unpaired) electrons. The monoisotopic (exact) mass is 331 g/mol. The van der Waals surface area contributed by atoms with Crippen LogP contribution in [0.25, 0.3) is 11.0 Å². The van der Waals surface area contributed by atoms with Gasteiger partial charge >= 0.3 is 0 Å². The van der Waals surface area contributed by atoms with E-state index in [2.05, 4.69) is 9.97 Å². The molecule has 6 heteroatoms. The van der Waals surface area contributed by atoms with Crippen molar-refractivity contribution < 1.29 is 13.9 Å². The highest BCUT2D eigenvalue weighted by atomic mass is 19.1. The van der Waals surface area contributed by atoms with Crippen LogP contribution in [0, 0.1) is 5.82 Å². The maximum absolute atomic E-state index is 14.4. The molecule has 0 aromatic carbocycles. The number of nitrogens with two attached hydrogens (primary N) is 1. The highest BCUT2D eigenvalue weighted by molar-refractivity contribution is 5.78. The number of aromatic nitrogens is 2. The van der Waals surface area contributed by atoms with Crippen LogP contribution < -0.4 is 10.5 Å². The molecule has 2 bridgehead atoms. The molecule has 2 aromatic rings. The second-order valence-corrected chi connectivity index (χ2v) is 7.14. The van der Waals surface area contributed by atoms with Gasteiger partial charge in [0.05, 0.1) is 36.5 Å². The maximum Gasteiger partial charge on any atom is 0.213 e. The number of pyridine rings is 2. The number of aryl methyl sites for hydroxylation is 1. The Labute approximate surface area is 140 Å². The van der Waals surface area contributed by atoms with Crippen molar-refractivity contribution in [3.05, 3.63) is 29.7 Å². The molecule has 0 amide bonds. The molecule has 0 atom stereocenters. The number of hydrogen-bond acceptors (Lipinski definition) is 5. The van der Waals surface area contributed by atoms with Gasteiger partial charge in [-0.1, -0.05) is 0 Å². The Bertz CT molecular complexity index is 756. The normalized spacial score (nSPS) is 29.1. The van der Waals surface area contributed by atoms with Crippen LogP contribution >= 0.6 is 0 Å². The molecule has 1 saturated carbocycles. The topological polar surface area (TPSA) is 70.3 Å². The van der Waals surface area contributed by atoms with Crippen molar-refractivity contribution in [1.29, 1.82) is 0 Å². The van der Waals surface area contributed by atoms with Gasteiger partial charge in [0.1, 0.15) is 5.82 Å². The lowest BCUT2D eigenvalue weighted by Crippen LogP contribution is -2.59. The largest absolute Gasteiger partial charge is 0.481 e. The standard InChI is InChI=1S/C18H22FN3O2/c1-23-15-3-2-14-16(22-15)12(13(19)10-21-14)4-5-18-8-6-17(20,7-9-18)11-24-18/h2-3,10H,4-9,11,20H2,1H3.